The molecule has 108 valence electrons. The third-order valence-corrected chi connectivity index (χ3v) is 6.42. The summed E-state index contributed by atoms with van der Waals surface area (Å²) in [6, 6.07) is 3.31. The molecule has 0 saturated carbocycles. The van der Waals surface area contributed by atoms with Gasteiger partial charge in [0.1, 0.15) is 4.21 Å². The number of nitrogens with one attached hydrogen (secondary N) is 2. The van der Waals surface area contributed by atoms with Gasteiger partial charge in [-0.25, -0.2) is 13.1 Å². The van der Waals surface area contributed by atoms with Crippen molar-refractivity contribution in [3.8, 4) is 0 Å². The summed E-state index contributed by atoms with van der Waals surface area (Å²) in [5.41, 5.74) is 0. The molecular formula is C11H17BrN2O3S2. The average molecular weight is 369 g/mol. The summed E-state index contributed by atoms with van der Waals surface area (Å²) in [4.78, 5) is 0. The van der Waals surface area contributed by atoms with E-state index in [1.165, 1.54) is 11.3 Å². The van der Waals surface area contributed by atoms with Crippen LogP contribution in [-0.2, 0) is 14.8 Å². The quantitative estimate of drug-likeness (QED) is 0.747. The monoisotopic (exact) mass is 368 g/mol. The Morgan fingerprint density at radius 3 is 2.79 bits per heavy atom. The molecule has 0 aliphatic carbocycles. The number of hydrogen-bond donors (Lipinski definition) is 2. The molecule has 0 atom stereocenters. The molecule has 1 saturated heterocycles. The lowest BCUT2D eigenvalue weighted by molar-refractivity contribution is 0.0367. The van der Waals surface area contributed by atoms with Crippen molar-refractivity contribution in [2.24, 2.45) is 0 Å². The van der Waals surface area contributed by atoms with E-state index in [1.54, 1.807) is 12.1 Å². The molecule has 1 aliphatic rings. The molecule has 1 aromatic rings. The van der Waals surface area contributed by atoms with Gasteiger partial charge in [0.2, 0.25) is 10.0 Å². The fourth-order valence-corrected chi connectivity index (χ4v) is 4.94. The minimum atomic E-state index is -3.40. The van der Waals surface area contributed by atoms with Crippen molar-refractivity contribution in [2.45, 2.75) is 23.2 Å². The number of rotatable bonds is 6. The summed E-state index contributed by atoms with van der Waals surface area (Å²) in [6.45, 7) is 2.66. The second-order valence-corrected chi connectivity index (χ2v) is 8.73. The lowest BCUT2D eigenvalue weighted by Crippen LogP contribution is -2.34. The normalized spacial score (nSPS) is 17.7. The SMILES string of the molecule is O=S(=O)(NCCOC1CCNCC1)c1ccc(Br)s1. The van der Waals surface area contributed by atoms with Crippen LogP contribution in [0.15, 0.2) is 20.1 Å². The van der Waals surface area contributed by atoms with E-state index in [0.29, 0.717) is 17.4 Å². The molecule has 0 amide bonds. The highest BCUT2D eigenvalue weighted by Crippen LogP contribution is 2.25. The molecule has 5 nitrogen and oxygen atoms in total. The maximum atomic E-state index is 11.9. The number of ether oxygens (including phenoxy) is 1. The maximum Gasteiger partial charge on any atom is 0.250 e. The summed E-state index contributed by atoms with van der Waals surface area (Å²) in [5.74, 6) is 0. The van der Waals surface area contributed by atoms with Crippen LogP contribution in [0, 0.1) is 0 Å². The summed E-state index contributed by atoms with van der Waals surface area (Å²) in [5, 5.41) is 3.26. The zero-order chi connectivity index (χ0) is 13.7. The summed E-state index contributed by atoms with van der Waals surface area (Å²) < 4.78 is 33.1. The van der Waals surface area contributed by atoms with Crippen LogP contribution in [0.5, 0.6) is 0 Å². The van der Waals surface area contributed by atoms with Gasteiger partial charge in [-0.1, -0.05) is 0 Å². The van der Waals surface area contributed by atoms with Crippen molar-refractivity contribution >= 4 is 37.3 Å². The highest BCUT2D eigenvalue weighted by molar-refractivity contribution is 9.11. The Labute approximate surface area is 125 Å². The van der Waals surface area contributed by atoms with Crippen LogP contribution in [0.2, 0.25) is 0 Å². The van der Waals surface area contributed by atoms with E-state index in [2.05, 4.69) is 26.0 Å². The van der Waals surface area contributed by atoms with Crippen molar-refractivity contribution < 1.29 is 13.2 Å². The van der Waals surface area contributed by atoms with Crippen molar-refractivity contribution in [1.82, 2.24) is 10.0 Å². The Balaban J connectivity index is 1.72. The van der Waals surface area contributed by atoms with E-state index in [-0.39, 0.29) is 6.10 Å². The van der Waals surface area contributed by atoms with Crippen LogP contribution >= 0.6 is 27.3 Å². The Morgan fingerprint density at radius 1 is 1.42 bits per heavy atom. The largest absolute Gasteiger partial charge is 0.377 e. The molecule has 1 aromatic heterocycles. The van der Waals surface area contributed by atoms with Crippen LogP contribution in [0.1, 0.15) is 12.8 Å². The van der Waals surface area contributed by atoms with Gasteiger partial charge in [0.15, 0.2) is 0 Å². The minimum Gasteiger partial charge on any atom is -0.377 e. The Hall–Kier alpha value is 0.01000. The summed E-state index contributed by atoms with van der Waals surface area (Å²) >= 11 is 4.45. The van der Waals surface area contributed by atoms with Crippen LogP contribution in [0.3, 0.4) is 0 Å². The Kier molecular flexibility index (Phi) is 5.79. The maximum absolute atomic E-state index is 11.9. The van der Waals surface area contributed by atoms with E-state index < -0.39 is 10.0 Å². The molecule has 0 bridgehead atoms. The van der Waals surface area contributed by atoms with Gasteiger partial charge in [-0.3, -0.25) is 0 Å². The number of sulfonamides is 1. The van der Waals surface area contributed by atoms with Crippen LogP contribution in [-0.4, -0.2) is 40.8 Å². The van der Waals surface area contributed by atoms with Gasteiger partial charge in [0.25, 0.3) is 0 Å². The van der Waals surface area contributed by atoms with Gasteiger partial charge < -0.3 is 10.1 Å². The number of thiophene rings is 1. The highest BCUT2D eigenvalue weighted by Gasteiger charge is 2.17. The molecular weight excluding hydrogens is 352 g/mol. The second kappa shape index (κ2) is 7.14. The van der Waals surface area contributed by atoms with Crippen LogP contribution < -0.4 is 10.0 Å². The predicted molar refractivity (Wildman–Crippen MR) is 79.1 cm³/mol. The molecule has 0 radical (unpaired) electrons. The summed E-state index contributed by atoms with van der Waals surface area (Å²) in [7, 11) is -3.40. The van der Waals surface area contributed by atoms with Crippen molar-refractivity contribution in [2.75, 3.05) is 26.2 Å². The van der Waals surface area contributed by atoms with E-state index in [1.807, 2.05) is 0 Å². The number of halogens is 1. The van der Waals surface area contributed by atoms with E-state index in [9.17, 15) is 8.42 Å². The summed E-state index contributed by atoms with van der Waals surface area (Å²) in [6.07, 6.45) is 2.23. The number of hydrogen-bond acceptors (Lipinski definition) is 5. The second-order valence-electron chi connectivity index (χ2n) is 4.28. The Bertz CT molecular complexity index is 498. The predicted octanol–water partition coefficient (Wildman–Crippen LogP) is 1.56. The first-order valence-electron chi connectivity index (χ1n) is 6.15. The highest BCUT2D eigenvalue weighted by atomic mass is 79.9. The van der Waals surface area contributed by atoms with Gasteiger partial charge >= 0.3 is 0 Å². The van der Waals surface area contributed by atoms with Crippen molar-refractivity contribution in [3.63, 3.8) is 0 Å². The fraction of sp³-hybridized carbons (Fsp3) is 0.636. The van der Waals surface area contributed by atoms with Crippen molar-refractivity contribution in [1.29, 1.82) is 0 Å². The molecule has 2 heterocycles. The zero-order valence-electron chi connectivity index (χ0n) is 10.4. The molecule has 1 aliphatic heterocycles. The topological polar surface area (TPSA) is 67.4 Å². The molecule has 19 heavy (non-hydrogen) atoms. The first-order valence-corrected chi connectivity index (χ1v) is 9.24. The zero-order valence-corrected chi connectivity index (χ0v) is 13.6. The molecule has 2 rings (SSSR count). The third-order valence-electron chi connectivity index (χ3n) is 2.85. The van der Waals surface area contributed by atoms with Crippen LogP contribution in [0.4, 0.5) is 0 Å². The van der Waals surface area contributed by atoms with Crippen LogP contribution in [0.25, 0.3) is 0 Å². The van der Waals surface area contributed by atoms with Gasteiger partial charge in [-0.05, 0) is 54.0 Å². The van der Waals surface area contributed by atoms with Gasteiger partial charge in [-0.15, -0.1) is 11.3 Å². The molecule has 0 spiro atoms. The molecule has 0 unspecified atom stereocenters. The smallest absolute Gasteiger partial charge is 0.250 e. The molecule has 1 fully saturated rings. The lowest BCUT2D eigenvalue weighted by Gasteiger charge is -2.22. The fourth-order valence-electron chi connectivity index (χ4n) is 1.88. The Morgan fingerprint density at radius 2 is 2.16 bits per heavy atom. The van der Waals surface area contributed by atoms with E-state index in [0.717, 1.165) is 29.7 Å². The molecule has 8 heteroatoms. The third kappa shape index (κ3) is 4.80. The number of piperidine rings is 1. The van der Waals surface area contributed by atoms with E-state index >= 15 is 0 Å². The minimum absolute atomic E-state index is 0.252. The van der Waals surface area contributed by atoms with Gasteiger partial charge in [0, 0.05) is 6.54 Å². The van der Waals surface area contributed by atoms with Crippen molar-refractivity contribution in [3.05, 3.63) is 15.9 Å². The first-order chi connectivity index (χ1) is 9.08. The first kappa shape index (κ1) is 15.4. The molecule has 0 aromatic carbocycles. The lowest BCUT2D eigenvalue weighted by atomic mass is 10.1. The average Bonchev–Trinajstić information content (AvgIpc) is 2.84. The standard InChI is InChI=1S/C11H17BrN2O3S2/c12-10-1-2-11(18-10)19(15,16)14-7-8-17-9-3-5-13-6-4-9/h1-2,9,13-14H,3-8H2. The molecule has 2 N–H and O–H groups in total. The van der Waals surface area contributed by atoms with E-state index in [4.69, 9.17) is 4.74 Å². The van der Waals surface area contributed by atoms with Gasteiger partial charge in [0.05, 0.1) is 16.5 Å². The van der Waals surface area contributed by atoms with Gasteiger partial charge in [-0.2, -0.15) is 0 Å².